The lowest BCUT2D eigenvalue weighted by molar-refractivity contribution is -0.140. The molecule has 2 N–H and O–H groups in total. The molecule has 0 aromatic heterocycles. The van der Waals surface area contributed by atoms with Gasteiger partial charge in [0.15, 0.2) is 6.61 Å². The van der Waals surface area contributed by atoms with Gasteiger partial charge < -0.3 is 15.2 Å². The average molecular weight is 312 g/mol. The predicted octanol–water partition coefficient (Wildman–Crippen LogP) is 2.54. The number of nitrogens with one attached hydrogen (secondary N) is 1. The molecular weight excluding hydrogens is 294 g/mol. The molecule has 0 bridgehead atoms. The summed E-state index contributed by atoms with van der Waals surface area (Å²) in [6.07, 6.45) is 2.29. The normalized spacial score (nSPS) is 15.9. The Morgan fingerprint density at radius 1 is 1.43 bits per heavy atom. The number of amides is 1. The van der Waals surface area contributed by atoms with E-state index in [4.69, 9.17) is 21.4 Å². The van der Waals surface area contributed by atoms with Crippen LogP contribution in [0.2, 0.25) is 5.02 Å². The van der Waals surface area contributed by atoms with Gasteiger partial charge in [0.25, 0.3) is 5.91 Å². The molecule has 0 heterocycles. The molecule has 0 radical (unpaired) electrons. The lowest BCUT2D eigenvalue weighted by Gasteiger charge is -2.41. The molecule has 5 nitrogen and oxygen atoms in total. The minimum Gasteiger partial charge on any atom is -0.484 e. The Morgan fingerprint density at radius 3 is 2.67 bits per heavy atom. The number of carbonyl (C=O) groups is 2. The first kappa shape index (κ1) is 15.6. The number of aliphatic carboxylic acids is 1. The summed E-state index contributed by atoms with van der Waals surface area (Å²) < 4.78 is 5.40. The Hall–Kier alpha value is -1.75. The van der Waals surface area contributed by atoms with Crippen LogP contribution in [0.1, 0.15) is 31.2 Å². The van der Waals surface area contributed by atoms with Crippen molar-refractivity contribution in [2.45, 2.75) is 38.1 Å². The number of carbonyl (C=O) groups excluding carboxylic acids is 1. The van der Waals surface area contributed by atoms with Crippen LogP contribution in [0.3, 0.4) is 0 Å². The third-order valence-corrected chi connectivity index (χ3v) is 4.13. The predicted molar refractivity (Wildman–Crippen MR) is 78.7 cm³/mol. The van der Waals surface area contributed by atoms with Crippen LogP contribution in [0.25, 0.3) is 0 Å². The third kappa shape index (κ3) is 4.11. The molecule has 1 aliphatic rings. The summed E-state index contributed by atoms with van der Waals surface area (Å²) in [7, 11) is 0. The summed E-state index contributed by atoms with van der Waals surface area (Å²) in [6.45, 7) is 1.72. The van der Waals surface area contributed by atoms with Crippen LogP contribution in [-0.2, 0) is 9.59 Å². The van der Waals surface area contributed by atoms with Gasteiger partial charge in [-0.2, -0.15) is 0 Å². The maximum atomic E-state index is 11.9. The summed E-state index contributed by atoms with van der Waals surface area (Å²) in [6, 6.07) is 5.16. The monoisotopic (exact) mass is 311 g/mol. The molecule has 114 valence electrons. The highest BCUT2D eigenvalue weighted by molar-refractivity contribution is 6.31. The van der Waals surface area contributed by atoms with Gasteiger partial charge in [0.1, 0.15) is 5.75 Å². The number of benzene rings is 1. The minimum atomic E-state index is -0.899. The minimum absolute atomic E-state index is 0.0429. The van der Waals surface area contributed by atoms with Crippen LogP contribution >= 0.6 is 11.6 Å². The van der Waals surface area contributed by atoms with E-state index in [0.717, 1.165) is 12.0 Å². The molecule has 2 rings (SSSR count). The number of carboxylic acids is 1. The lowest BCUT2D eigenvalue weighted by atomic mass is 9.74. The maximum Gasteiger partial charge on any atom is 0.305 e. The summed E-state index contributed by atoms with van der Waals surface area (Å²) >= 11 is 5.91. The van der Waals surface area contributed by atoms with E-state index in [1.54, 1.807) is 18.2 Å². The molecule has 1 saturated carbocycles. The zero-order valence-electron chi connectivity index (χ0n) is 11.8. The lowest BCUT2D eigenvalue weighted by Crippen LogP contribution is -2.55. The van der Waals surface area contributed by atoms with Crippen molar-refractivity contribution in [1.29, 1.82) is 0 Å². The summed E-state index contributed by atoms with van der Waals surface area (Å²) in [4.78, 5) is 22.7. The highest BCUT2D eigenvalue weighted by Gasteiger charge is 2.40. The summed E-state index contributed by atoms with van der Waals surface area (Å²) in [5.74, 6) is -0.638. The van der Waals surface area contributed by atoms with Crippen molar-refractivity contribution in [3.8, 4) is 5.75 Å². The van der Waals surface area contributed by atoms with E-state index in [9.17, 15) is 9.59 Å². The maximum absolute atomic E-state index is 11.9. The molecule has 1 aromatic carbocycles. The van der Waals surface area contributed by atoms with Gasteiger partial charge in [0.05, 0.1) is 12.0 Å². The molecule has 6 heteroatoms. The first-order chi connectivity index (χ1) is 9.90. The standard InChI is InChI=1S/C15H18ClNO4/c1-10-7-11(3-4-12(10)16)21-9-13(18)17-15(5-2-6-15)8-14(19)20/h3-4,7H,2,5-6,8-9H2,1H3,(H,17,18)(H,19,20). The number of aryl methyl sites for hydroxylation is 1. The Morgan fingerprint density at radius 2 is 2.14 bits per heavy atom. The molecule has 1 aliphatic carbocycles. The summed E-state index contributed by atoms with van der Waals surface area (Å²) in [5, 5.41) is 12.3. The molecule has 21 heavy (non-hydrogen) atoms. The van der Waals surface area contributed by atoms with Crippen LogP contribution in [-0.4, -0.2) is 29.1 Å². The molecular formula is C15H18ClNO4. The van der Waals surface area contributed by atoms with Crippen LogP contribution in [0, 0.1) is 6.92 Å². The zero-order valence-corrected chi connectivity index (χ0v) is 12.6. The van der Waals surface area contributed by atoms with Crippen molar-refractivity contribution in [1.82, 2.24) is 5.32 Å². The van der Waals surface area contributed by atoms with Crippen LogP contribution in [0.4, 0.5) is 0 Å². The van der Waals surface area contributed by atoms with E-state index >= 15 is 0 Å². The van der Waals surface area contributed by atoms with Gasteiger partial charge in [0, 0.05) is 5.02 Å². The van der Waals surface area contributed by atoms with Gasteiger partial charge >= 0.3 is 5.97 Å². The highest BCUT2D eigenvalue weighted by atomic mass is 35.5. The second-order valence-corrected chi connectivity index (χ2v) is 5.86. The van der Waals surface area contributed by atoms with E-state index in [-0.39, 0.29) is 18.9 Å². The van der Waals surface area contributed by atoms with Gasteiger partial charge in [0.2, 0.25) is 0 Å². The summed E-state index contributed by atoms with van der Waals surface area (Å²) in [5.41, 5.74) is 0.276. The Bertz CT molecular complexity index is 555. The number of carboxylic acid groups (broad SMARTS) is 1. The van der Waals surface area contributed by atoms with Gasteiger partial charge in [-0.25, -0.2) is 0 Å². The van der Waals surface area contributed by atoms with Gasteiger partial charge in [-0.15, -0.1) is 0 Å². The van der Waals surface area contributed by atoms with Crippen molar-refractivity contribution >= 4 is 23.5 Å². The second kappa shape index (κ2) is 6.35. The van der Waals surface area contributed by atoms with Crippen LogP contribution in [0.15, 0.2) is 18.2 Å². The van der Waals surface area contributed by atoms with Crippen molar-refractivity contribution in [2.75, 3.05) is 6.61 Å². The number of halogens is 1. The quantitative estimate of drug-likeness (QED) is 0.846. The first-order valence-corrected chi connectivity index (χ1v) is 7.20. The fourth-order valence-corrected chi connectivity index (χ4v) is 2.54. The van der Waals surface area contributed by atoms with Crippen molar-refractivity contribution in [3.63, 3.8) is 0 Å². The molecule has 0 aliphatic heterocycles. The fraction of sp³-hybridized carbons (Fsp3) is 0.467. The van der Waals surface area contributed by atoms with Crippen molar-refractivity contribution < 1.29 is 19.4 Å². The van der Waals surface area contributed by atoms with Crippen LogP contribution < -0.4 is 10.1 Å². The number of hydrogen-bond donors (Lipinski definition) is 2. The van der Waals surface area contributed by atoms with E-state index in [1.165, 1.54) is 0 Å². The van der Waals surface area contributed by atoms with E-state index < -0.39 is 11.5 Å². The molecule has 0 unspecified atom stereocenters. The van der Waals surface area contributed by atoms with Crippen molar-refractivity contribution in [3.05, 3.63) is 28.8 Å². The Kier molecular flexibility index (Phi) is 4.73. The third-order valence-electron chi connectivity index (χ3n) is 3.70. The van der Waals surface area contributed by atoms with E-state index in [1.807, 2.05) is 6.92 Å². The van der Waals surface area contributed by atoms with E-state index in [2.05, 4.69) is 5.32 Å². The Balaban J connectivity index is 1.86. The number of hydrogen-bond acceptors (Lipinski definition) is 3. The van der Waals surface area contributed by atoms with Crippen LogP contribution in [0.5, 0.6) is 5.75 Å². The molecule has 1 aromatic rings. The molecule has 1 amide bonds. The SMILES string of the molecule is Cc1cc(OCC(=O)NC2(CC(=O)O)CCC2)ccc1Cl. The van der Waals surface area contributed by atoms with Gasteiger partial charge in [-0.05, 0) is 49.9 Å². The number of rotatable bonds is 6. The molecule has 0 atom stereocenters. The average Bonchev–Trinajstić information content (AvgIpc) is 2.37. The second-order valence-electron chi connectivity index (χ2n) is 5.45. The van der Waals surface area contributed by atoms with Crippen molar-refractivity contribution in [2.24, 2.45) is 0 Å². The highest BCUT2D eigenvalue weighted by Crippen LogP contribution is 2.34. The van der Waals surface area contributed by atoms with Gasteiger partial charge in [-0.3, -0.25) is 9.59 Å². The molecule has 0 saturated heterocycles. The molecule has 1 fully saturated rings. The van der Waals surface area contributed by atoms with E-state index in [0.29, 0.717) is 23.6 Å². The van der Waals surface area contributed by atoms with Gasteiger partial charge in [-0.1, -0.05) is 11.6 Å². The molecule has 0 spiro atoms. The largest absolute Gasteiger partial charge is 0.484 e. The zero-order chi connectivity index (χ0) is 15.5. The topological polar surface area (TPSA) is 75.6 Å². The first-order valence-electron chi connectivity index (χ1n) is 6.82. The number of ether oxygens (including phenoxy) is 1. The fourth-order valence-electron chi connectivity index (χ4n) is 2.43. The smallest absolute Gasteiger partial charge is 0.305 e. The Labute approximate surface area is 128 Å².